The Hall–Kier alpha value is -2.43. The smallest absolute Gasteiger partial charge is 0.287 e. The van der Waals surface area contributed by atoms with Gasteiger partial charge in [0.2, 0.25) is 5.78 Å². The number of furan rings is 1. The van der Waals surface area contributed by atoms with Gasteiger partial charge in [-0.2, -0.15) is 0 Å². The average Bonchev–Trinajstić information content (AvgIpc) is 2.91. The molecular weight excluding hydrogens is 268 g/mol. The molecule has 0 unspecified atom stereocenters. The topological polar surface area (TPSA) is 72.2 Å². The minimum atomic E-state index is -0.545. The maximum Gasteiger partial charge on any atom is 0.287 e. The summed E-state index contributed by atoms with van der Waals surface area (Å²) >= 11 is 0. The molecule has 2 heterocycles. The first-order valence-electron chi connectivity index (χ1n) is 6.90. The van der Waals surface area contributed by atoms with Crippen molar-refractivity contribution in [3.05, 3.63) is 53.7 Å². The van der Waals surface area contributed by atoms with Crippen molar-refractivity contribution in [2.45, 2.75) is 32.7 Å². The molecule has 2 aromatic rings. The highest BCUT2D eigenvalue weighted by molar-refractivity contribution is 6.36. The SMILES string of the molecule is Cc1occc1CNC(=O)C(=O)CCCc1ccccn1. The summed E-state index contributed by atoms with van der Waals surface area (Å²) < 4.78 is 5.13. The summed E-state index contributed by atoms with van der Waals surface area (Å²) in [5, 5.41) is 2.61. The Morgan fingerprint density at radius 1 is 1.29 bits per heavy atom. The zero-order chi connectivity index (χ0) is 15.1. The predicted molar refractivity (Wildman–Crippen MR) is 77.5 cm³/mol. The van der Waals surface area contributed by atoms with Crippen molar-refractivity contribution >= 4 is 11.7 Å². The van der Waals surface area contributed by atoms with Crippen LogP contribution in [0.15, 0.2) is 41.1 Å². The van der Waals surface area contributed by atoms with Crippen molar-refractivity contribution in [2.75, 3.05) is 0 Å². The van der Waals surface area contributed by atoms with Crippen LogP contribution in [0.2, 0.25) is 0 Å². The zero-order valence-corrected chi connectivity index (χ0v) is 12.0. The van der Waals surface area contributed by atoms with Crippen molar-refractivity contribution in [1.29, 1.82) is 0 Å². The molecule has 0 saturated carbocycles. The molecule has 0 aliphatic heterocycles. The second kappa shape index (κ2) is 7.38. The molecule has 2 aromatic heterocycles. The van der Waals surface area contributed by atoms with E-state index in [0.717, 1.165) is 17.0 Å². The van der Waals surface area contributed by atoms with Gasteiger partial charge >= 0.3 is 0 Å². The molecule has 0 aliphatic rings. The molecule has 0 bridgehead atoms. The standard InChI is InChI=1S/C16H18N2O3/c1-12-13(8-10-21-12)11-18-16(20)15(19)7-4-6-14-5-2-3-9-17-14/h2-3,5,8-10H,4,6-7,11H2,1H3,(H,18,20). The van der Waals surface area contributed by atoms with Crippen LogP contribution in [0.3, 0.4) is 0 Å². The van der Waals surface area contributed by atoms with Crippen LogP contribution < -0.4 is 5.32 Å². The second-order valence-electron chi connectivity index (χ2n) is 4.78. The molecule has 0 atom stereocenters. The summed E-state index contributed by atoms with van der Waals surface area (Å²) in [6.45, 7) is 2.13. The molecule has 0 aromatic carbocycles. The van der Waals surface area contributed by atoms with E-state index in [2.05, 4.69) is 10.3 Å². The Bertz CT molecular complexity index is 605. The third-order valence-electron chi connectivity index (χ3n) is 3.22. The summed E-state index contributed by atoms with van der Waals surface area (Å²) in [4.78, 5) is 27.6. The average molecular weight is 286 g/mol. The normalized spacial score (nSPS) is 10.3. The Morgan fingerprint density at radius 2 is 2.14 bits per heavy atom. The van der Waals surface area contributed by atoms with Gasteiger partial charge in [0.25, 0.3) is 5.91 Å². The fourth-order valence-electron chi connectivity index (χ4n) is 1.96. The quantitative estimate of drug-likeness (QED) is 0.792. The summed E-state index contributed by atoms with van der Waals surface area (Å²) in [6, 6.07) is 7.44. The van der Waals surface area contributed by atoms with E-state index in [4.69, 9.17) is 4.42 Å². The minimum absolute atomic E-state index is 0.229. The lowest BCUT2D eigenvalue weighted by atomic mass is 10.1. The van der Waals surface area contributed by atoms with Crippen molar-refractivity contribution < 1.29 is 14.0 Å². The van der Waals surface area contributed by atoms with E-state index in [1.54, 1.807) is 18.5 Å². The van der Waals surface area contributed by atoms with Crippen LogP contribution in [-0.4, -0.2) is 16.7 Å². The van der Waals surface area contributed by atoms with Gasteiger partial charge in [0.15, 0.2) is 0 Å². The fraction of sp³-hybridized carbons (Fsp3) is 0.312. The molecule has 0 spiro atoms. The summed E-state index contributed by atoms with van der Waals surface area (Å²) in [5.41, 5.74) is 1.81. The van der Waals surface area contributed by atoms with Crippen LogP contribution in [0, 0.1) is 6.92 Å². The highest BCUT2D eigenvalue weighted by atomic mass is 16.3. The predicted octanol–water partition coefficient (Wildman–Crippen LogP) is 2.19. The maximum absolute atomic E-state index is 11.7. The molecule has 0 fully saturated rings. The fourth-order valence-corrected chi connectivity index (χ4v) is 1.96. The highest BCUT2D eigenvalue weighted by Gasteiger charge is 2.13. The summed E-state index contributed by atoms with van der Waals surface area (Å²) in [6.07, 6.45) is 4.82. The Kier molecular flexibility index (Phi) is 5.26. The molecule has 0 saturated heterocycles. The number of carbonyl (C=O) groups is 2. The lowest BCUT2D eigenvalue weighted by molar-refractivity contribution is -0.138. The first kappa shape index (κ1) is 15.0. The van der Waals surface area contributed by atoms with Crippen LogP contribution in [0.1, 0.15) is 29.9 Å². The number of pyridine rings is 1. The Labute approximate surface area is 123 Å². The van der Waals surface area contributed by atoms with E-state index < -0.39 is 11.7 Å². The van der Waals surface area contributed by atoms with Gasteiger partial charge in [-0.3, -0.25) is 14.6 Å². The minimum Gasteiger partial charge on any atom is -0.469 e. The number of ketones is 1. The van der Waals surface area contributed by atoms with Crippen LogP contribution in [0.25, 0.3) is 0 Å². The van der Waals surface area contributed by atoms with Gasteiger partial charge in [-0.1, -0.05) is 6.07 Å². The van der Waals surface area contributed by atoms with Crippen molar-refractivity contribution in [2.24, 2.45) is 0 Å². The van der Waals surface area contributed by atoms with Gasteiger partial charge in [0.1, 0.15) is 5.76 Å². The molecule has 0 aliphatic carbocycles. The van der Waals surface area contributed by atoms with Gasteiger partial charge < -0.3 is 9.73 Å². The number of aryl methyl sites for hydroxylation is 2. The number of nitrogens with one attached hydrogen (secondary N) is 1. The van der Waals surface area contributed by atoms with Crippen LogP contribution in [0.4, 0.5) is 0 Å². The first-order chi connectivity index (χ1) is 10.2. The number of hydrogen-bond acceptors (Lipinski definition) is 4. The molecule has 0 radical (unpaired) electrons. The van der Waals surface area contributed by atoms with E-state index in [1.807, 2.05) is 25.1 Å². The lowest BCUT2D eigenvalue weighted by Gasteiger charge is -2.04. The number of aromatic nitrogens is 1. The third kappa shape index (κ3) is 4.56. The van der Waals surface area contributed by atoms with E-state index >= 15 is 0 Å². The number of carbonyl (C=O) groups excluding carboxylic acids is 2. The third-order valence-corrected chi connectivity index (χ3v) is 3.22. The number of rotatable bonds is 7. The van der Waals surface area contributed by atoms with Gasteiger partial charge in [-0.05, 0) is 38.0 Å². The number of hydrogen-bond donors (Lipinski definition) is 1. The number of amides is 1. The van der Waals surface area contributed by atoms with E-state index in [-0.39, 0.29) is 6.42 Å². The van der Waals surface area contributed by atoms with Gasteiger partial charge in [0, 0.05) is 30.4 Å². The van der Waals surface area contributed by atoms with Crippen LogP contribution in [-0.2, 0) is 22.6 Å². The zero-order valence-electron chi connectivity index (χ0n) is 12.0. The van der Waals surface area contributed by atoms with Crippen LogP contribution >= 0.6 is 0 Å². The number of Topliss-reactive ketones (excluding diaryl/α,β-unsaturated/α-hetero) is 1. The van der Waals surface area contributed by atoms with E-state index in [1.165, 1.54) is 0 Å². The molecule has 5 nitrogen and oxygen atoms in total. The molecule has 5 heteroatoms. The van der Waals surface area contributed by atoms with Crippen molar-refractivity contribution in [1.82, 2.24) is 10.3 Å². The van der Waals surface area contributed by atoms with Gasteiger partial charge in [0.05, 0.1) is 6.26 Å². The molecule has 2 rings (SSSR count). The van der Waals surface area contributed by atoms with Crippen molar-refractivity contribution in [3.63, 3.8) is 0 Å². The van der Waals surface area contributed by atoms with Crippen molar-refractivity contribution in [3.8, 4) is 0 Å². The van der Waals surface area contributed by atoms with Gasteiger partial charge in [-0.15, -0.1) is 0 Å². The first-order valence-corrected chi connectivity index (χ1v) is 6.90. The summed E-state index contributed by atoms with van der Waals surface area (Å²) in [5.74, 6) is -0.193. The highest BCUT2D eigenvalue weighted by Crippen LogP contribution is 2.08. The van der Waals surface area contributed by atoms with Crippen LogP contribution in [0.5, 0.6) is 0 Å². The van der Waals surface area contributed by atoms with E-state index in [9.17, 15) is 9.59 Å². The largest absolute Gasteiger partial charge is 0.469 e. The maximum atomic E-state index is 11.7. The summed E-state index contributed by atoms with van der Waals surface area (Å²) in [7, 11) is 0. The lowest BCUT2D eigenvalue weighted by Crippen LogP contribution is -2.30. The Morgan fingerprint density at radius 3 is 2.81 bits per heavy atom. The molecular formula is C16H18N2O3. The monoisotopic (exact) mass is 286 g/mol. The Balaban J connectivity index is 1.70. The van der Waals surface area contributed by atoms with Gasteiger partial charge in [-0.25, -0.2) is 0 Å². The number of nitrogens with zero attached hydrogens (tertiary/aromatic N) is 1. The molecule has 21 heavy (non-hydrogen) atoms. The second-order valence-corrected chi connectivity index (χ2v) is 4.78. The molecule has 110 valence electrons. The molecule has 1 N–H and O–H groups in total. The van der Waals surface area contributed by atoms with E-state index in [0.29, 0.717) is 19.4 Å². The molecule has 1 amide bonds.